The minimum absolute atomic E-state index is 0.0214. The molecule has 2 atom stereocenters. The van der Waals surface area contributed by atoms with Crippen LogP contribution in [0.1, 0.15) is 46.0 Å². The largest absolute Gasteiger partial charge is 0.392 e. The second-order valence-electron chi connectivity index (χ2n) is 3.25. The van der Waals surface area contributed by atoms with E-state index in [1.165, 1.54) is 19.3 Å². The average Bonchev–Trinajstić information content (AvgIpc) is 1.97. The number of rotatable bonds is 6. The highest BCUT2D eigenvalue weighted by atomic mass is 16.3. The van der Waals surface area contributed by atoms with Crippen LogP contribution in [0.15, 0.2) is 0 Å². The maximum atomic E-state index is 9.05. The van der Waals surface area contributed by atoms with Gasteiger partial charge in [-0.1, -0.05) is 32.6 Å². The Morgan fingerprint density at radius 2 is 1.91 bits per heavy atom. The van der Waals surface area contributed by atoms with E-state index in [4.69, 9.17) is 10.8 Å². The molecule has 11 heavy (non-hydrogen) atoms. The van der Waals surface area contributed by atoms with Crippen molar-refractivity contribution >= 4 is 0 Å². The fraction of sp³-hybridized carbons (Fsp3) is 1.00. The monoisotopic (exact) mass is 159 g/mol. The summed E-state index contributed by atoms with van der Waals surface area (Å²) in [6.07, 6.45) is 5.54. The lowest BCUT2D eigenvalue weighted by molar-refractivity contribution is 0.157. The average molecular weight is 159 g/mol. The molecule has 0 aliphatic rings. The molecule has 0 heterocycles. The van der Waals surface area contributed by atoms with Gasteiger partial charge in [-0.25, -0.2) is 0 Å². The molecule has 0 amide bonds. The highest BCUT2D eigenvalue weighted by Crippen LogP contribution is 2.06. The number of unbranched alkanes of at least 4 members (excludes halogenated alkanes) is 3. The van der Waals surface area contributed by atoms with Crippen LogP contribution in [0.2, 0.25) is 0 Å². The van der Waals surface area contributed by atoms with Crippen molar-refractivity contribution in [2.45, 2.75) is 58.1 Å². The summed E-state index contributed by atoms with van der Waals surface area (Å²) >= 11 is 0. The summed E-state index contributed by atoms with van der Waals surface area (Å²) in [5, 5.41) is 9.05. The molecule has 0 rings (SSSR count). The fourth-order valence-corrected chi connectivity index (χ4v) is 1.05. The van der Waals surface area contributed by atoms with Crippen LogP contribution in [0.5, 0.6) is 0 Å². The summed E-state index contributed by atoms with van der Waals surface area (Å²) in [5.41, 5.74) is 5.65. The van der Waals surface area contributed by atoms with Crippen molar-refractivity contribution < 1.29 is 5.11 Å². The van der Waals surface area contributed by atoms with Gasteiger partial charge >= 0.3 is 0 Å². The molecule has 0 saturated heterocycles. The zero-order valence-electron chi connectivity index (χ0n) is 7.71. The van der Waals surface area contributed by atoms with Crippen molar-refractivity contribution in [3.8, 4) is 0 Å². The smallest absolute Gasteiger partial charge is 0.0662 e. The molecular formula is C9H21NO. The SMILES string of the molecule is CCCCCC[C@H](N)[C@H](C)O. The summed E-state index contributed by atoms with van der Waals surface area (Å²) in [6.45, 7) is 3.94. The van der Waals surface area contributed by atoms with Gasteiger partial charge in [0.25, 0.3) is 0 Å². The van der Waals surface area contributed by atoms with Crippen molar-refractivity contribution in [2.75, 3.05) is 0 Å². The predicted octanol–water partition coefficient (Wildman–Crippen LogP) is 1.66. The molecule has 68 valence electrons. The number of nitrogens with two attached hydrogens (primary N) is 1. The van der Waals surface area contributed by atoms with Crippen LogP contribution in [-0.2, 0) is 0 Å². The van der Waals surface area contributed by atoms with E-state index in [9.17, 15) is 0 Å². The number of hydrogen-bond acceptors (Lipinski definition) is 2. The second-order valence-corrected chi connectivity index (χ2v) is 3.25. The Morgan fingerprint density at radius 3 is 2.36 bits per heavy atom. The predicted molar refractivity (Wildman–Crippen MR) is 48.4 cm³/mol. The zero-order valence-corrected chi connectivity index (χ0v) is 7.71. The van der Waals surface area contributed by atoms with E-state index in [0.717, 1.165) is 12.8 Å². The van der Waals surface area contributed by atoms with E-state index < -0.39 is 0 Å². The van der Waals surface area contributed by atoms with Gasteiger partial charge in [0.2, 0.25) is 0 Å². The normalized spacial score (nSPS) is 16.4. The Balaban J connectivity index is 3.10. The van der Waals surface area contributed by atoms with Gasteiger partial charge < -0.3 is 10.8 Å². The quantitative estimate of drug-likeness (QED) is 0.579. The first-order valence-electron chi connectivity index (χ1n) is 4.62. The molecule has 3 N–H and O–H groups in total. The van der Waals surface area contributed by atoms with E-state index in [-0.39, 0.29) is 12.1 Å². The lowest BCUT2D eigenvalue weighted by atomic mass is 10.0. The summed E-state index contributed by atoms with van der Waals surface area (Å²) in [5.74, 6) is 0. The molecule has 0 spiro atoms. The number of hydrogen-bond donors (Lipinski definition) is 2. The van der Waals surface area contributed by atoms with Crippen molar-refractivity contribution in [3.63, 3.8) is 0 Å². The maximum Gasteiger partial charge on any atom is 0.0662 e. The van der Waals surface area contributed by atoms with Crippen molar-refractivity contribution in [1.82, 2.24) is 0 Å². The Bertz CT molecular complexity index is 83.6. The maximum absolute atomic E-state index is 9.05. The molecule has 0 saturated carbocycles. The molecule has 2 nitrogen and oxygen atoms in total. The van der Waals surface area contributed by atoms with Crippen LogP contribution in [0.3, 0.4) is 0 Å². The lowest BCUT2D eigenvalue weighted by Crippen LogP contribution is -2.31. The third kappa shape index (κ3) is 6.32. The first-order valence-corrected chi connectivity index (χ1v) is 4.62. The van der Waals surface area contributed by atoms with E-state index in [1.54, 1.807) is 6.92 Å². The minimum Gasteiger partial charge on any atom is -0.392 e. The highest BCUT2D eigenvalue weighted by Gasteiger charge is 2.07. The lowest BCUT2D eigenvalue weighted by Gasteiger charge is -2.13. The van der Waals surface area contributed by atoms with Gasteiger partial charge in [0.1, 0.15) is 0 Å². The molecule has 0 aliphatic heterocycles. The van der Waals surface area contributed by atoms with Crippen LogP contribution < -0.4 is 5.73 Å². The van der Waals surface area contributed by atoms with Gasteiger partial charge in [0.15, 0.2) is 0 Å². The standard InChI is InChI=1S/C9H21NO/c1-3-4-5-6-7-9(10)8(2)11/h8-9,11H,3-7,10H2,1-2H3/t8-,9-/m0/s1. The van der Waals surface area contributed by atoms with Crippen LogP contribution >= 0.6 is 0 Å². The topological polar surface area (TPSA) is 46.2 Å². The second kappa shape index (κ2) is 6.62. The highest BCUT2D eigenvalue weighted by molar-refractivity contribution is 4.66. The molecule has 0 bridgehead atoms. The van der Waals surface area contributed by atoms with E-state index in [1.807, 2.05) is 0 Å². The van der Waals surface area contributed by atoms with Gasteiger partial charge in [-0.2, -0.15) is 0 Å². The number of aliphatic hydroxyl groups excluding tert-OH is 1. The number of aliphatic hydroxyl groups is 1. The van der Waals surface area contributed by atoms with E-state index in [0.29, 0.717) is 0 Å². The van der Waals surface area contributed by atoms with Gasteiger partial charge in [0.05, 0.1) is 6.10 Å². The Morgan fingerprint density at radius 1 is 1.27 bits per heavy atom. The molecular weight excluding hydrogens is 138 g/mol. The third-order valence-electron chi connectivity index (χ3n) is 2.01. The van der Waals surface area contributed by atoms with E-state index >= 15 is 0 Å². The van der Waals surface area contributed by atoms with Crippen molar-refractivity contribution in [2.24, 2.45) is 5.73 Å². The Hall–Kier alpha value is -0.0800. The van der Waals surface area contributed by atoms with Crippen molar-refractivity contribution in [1.29, 1.82) is 0 Å². The van der Waals surface area contributed by atoms with Crippen LogP contribution in [0.25, 0.3) is 0 Å². The van der Waals surface area contributed by atoms with Crippen LogP contribution in [0.4, 0.5) is 0 Å². The van der Waals surface area contributed by atoms with Crippen molar-refractivity contribution in [3.05, 3.63) is 0 Å². The molecule has 0 aliphatic carbocycles. The Kier molecular flexibility index (Phi) is 6.57. The van der Waals surface area contributed by atoms with Gasteiger partial charge in [0, 0.05) is 6.04 Å². The molecule has 0 aromatic carbocycles. The first kappa shape index (κ1) is 10.9. The summed E-state index contributed by atoms with van der Waals surface area (Å²) in [6, 6.07) is -0.0214. The molecule has 0 radical (unpaired) electrons. The summed E-state index contributed by atoms with van der Waals surface area (Å²) in [4.78, 5) is 0. The minimum atomic E-state index is -0.350. The van der Waals surface area contributed by atoms with Gasteiger partial charge in [-0.05, 0) is 13.3 Å². The summed E-state index contributed by atoms with van der Waals surface area (Å²) in [7, 11) is 0. The molecule has 2 heteroatoms. The fourth-order valence-electron chi connectivity index (χ4n) is 1.05. The Labute approximate surface area is 69.8 Å². The van der Waals surface area contributed by atoms with Gasteiger partial charge in [-0.3, -0.25) is 0 Å². The molecule has 0 aromatic heterocycles. The van der Waals surface area contributed by atoms with Crippen LogP contribution in [-0.4, -0.2) is 17.3 Å². The molecule has 0 fully saturated rings. The first-order chi connectivity index (χ1) is 5.18. The molecule has 0 unspecified atom stereocenters. The van der Waals surface area contributed by atoms with Gasteiger partial charge in [-0.15, -0.1) is 0 Å². The zero-order chi connectivity index (χ0) is 8.69. The molecule has 0 aromatic rings. The third-order valence-corrected chi connectivity index (χ3v) is 2.01. The summed E-state index contributed by atoms with van der Waals surface area (Å²) < 4.78 is 0. The van der Waals surface area contributed by atoms with Crippen LogP contribution in [0, 0.1) is 0 Å². The van der Waals surface area contributed by atoms with E-state index in [2.05, 4.69) is 6.92 Å².